The molecule has 0 spiro atoms. The van der Waals surface area contributed by atoms with Gasteiger partial charge in [0.25, 0.3) is 11.6 Å². The van der Waals surface area contributed by atoms with Crippen molar-refractivity contribution in [3.63, 3.8) is 0 Å². The van der Waals surface area contributed by atoms with Crippen LogP contribution < -0.4 is 5.32 Å². The Morgan fingerprint density at radius 3 is 2.71 bits per heavy atom. The van der Waals surface area contributed by atoms with E-state index in [4.69, 9.17) is 0 Å². The van der Waals surface area contributed by atoms with Crippen molar-refractivity contribution in [3.05, 3.63) is 55.1 Å². The van der Waals surface area contributed by atoms with Gasteiger partial charge in [0.15, 0.2) is 5.82 Å². The minimum absolute atomic E-state index is 0.0572. The molecule has 0 radical (unpaired) electrons. The summed E-state index contributed by atoms with van der Waals surface area (Å²) in [5, 5.41) is 13.2. The molecule has 0 unspecified atom stereocenters. The van der Waals surface area contributed by atoms with Crippen molar-refractivity contribution in [3.8, 4) is 0 Å². The largest absolute Gasteiger partial charge is 0.304 e. The first-order chi connectivity index (χ1) is 9.88. The van der Waals surface area contributed by atoms with Gasteiger partial charge in [-0.15, -0.1) is 0 Å². The predicted octanol–water partition coefficient (Wildman–Crippen LogP) is 3.30. The van der Waals surface area contributed by atoms with Crippen molar-refractivity contribution in [1.82, 2.24) is 9.97 Å². The minimum atomic E-state index is -0.862. The molecule has 1 amide bonds. The number of hydrogen-bond acceptors (Lipinski definition) is 5. The molecule has 1 aromatic heterocycles. The number of amides is 1. The second kappa shape index (κ2) is 6.22. The summed E-state index contributed by atoms with van der Waals surface area (Å²) in [6.07, 6.45) is 1.33. The number of carbonyl (C=O) groups is 1. The molecule has 10 heteroatoms. The standard InChI is InChI=1S/C11H5Br2FN4O3/c12-8-4-15-10(9(13)16-8)17-11(19)6-3-5(14)1-2-7(6)18(20)21/h1-4H,(H,15,17,19). The third kappa shape index (κ3) is 3.58. The molecular weight excluding hydrogens is 415 g/mol. The highest BCUT2D eigenvalue weighted by Crippen LogP contribution is 2.23. The van der Waals surface area contributed by atoms with E-state index < -0.39 is 27.9 Å². The van der Waals surface area contributed by atoms with Crippen LogP contribution in [0.1, 0.15) is 10.4 Å². The third-order valence-electron chi connectivity index (χ3n) is 2.33. The van der Waals surface area contributed by atoms with Crippen LogP contribution in [-0.4, -0.2) is 20.8 Å². The summed E-state index contributed by atoms with van der Waals surface area (Å²) in [4.78, 5) is 30.0. The SMILES string of the molecule is O=C(Nc1ncc(Br)nc1Br)c1cc(F)ccc1[N+](=O)[O-]. The van der Waals surface area contributed by atoms with Gasteiger partial charge in [-0.2, -0.15) is 0 Å². The van der Waals surface area contributed by atoms with Crippen molar-refractivity contribution in [2.24, 2.45) is 0 Å². The Balaban J connectivity index is 2.36. The Bertz CT molecular complexity index is 741. The number of hydrogen-bond donors (Lipinski definition) is 1. The number of rotatable bonds is 3. The minimum Gasteiger partial charge on any atom is -0.304 e. The molecule has 0 aliphatic rings. The number of nitrogens with zero attached hydrogens (tertiary/aromatic N) is 3. The lowest BCUT2D eigenvalue weighted by atomic mass is 10.1. The van der Waals surface area contributed by atoms with E-state index >= 15 is 0 Å². The normalized spacial score (nSPS) is 10.2. The molecule has 0 aliphatic heterocycles. The lowest BCUT2D eigenvalue weighted by molar-refractivity contribution is -0.385. The summed E-state index contributed by atoms with van der Waals surface area (Å²) in [6.45, 7) is 0. The summed E-state index contributed by atoms with van der Waals surface area (Å²) in [5.41, 5.74) is -0.910. The zero-order chi connectivity index (χ0) is 15.6. The van der Waals surface area contributed by atoms with Crippen LogP contribution in [0.15, 0.2) is 33.6 Å². The summed E-state index contributed by atoms with van der Waals surface area (Å²) >= 11 is 6.18. The van der Waals surface area contributed by atoms with Crippen LogP contribution in [0.2, 0.25) is 0 Å². The highest BCUT2D eigenvalue weighted by molar-refractivity contribution is 9.11. The predicted molar refractivity (Wildman–Crippen MR) is 78.4 cm³/mol. The van der Waals surface area contributed by atoms with Gasteiger partial charge in [0, 0.05) is 6.07 Å². The lowest BCUT2D eigenvalue weighted by Crippen LogP contribution is -2.16. The van der Waals surface area contributed by atoms with Crippen molar-refractivity contribution in [2.45, 2.75) is 0 Å². The van der Waals surface area contributed by atoms with Gasteiger partial charge in [-0.3, -0.25) is 14.9 Å². The first-order valence-corrected chi connectivity index (χ1v) is 6.90. The highest BCUT2D eigenvalue weighted by atomic mass is 79.9. The average molecular weight is 420 g/mol. The van der Waals surface area contributed by atoms with Crippen LogP contribution in [0.25, 0.3) is 0 Å². The molecule has 2 aromatic rings. The molecule has 0 aliphatic carbocycles. The van der Waals surface area contributed by atoms with Crippen molar-refractivity contribution in [2.75, 3.05) is 5.32 Å². The topological polar surface area (TPSA) is 98.0 Å². The summed E-state index contributed by atoms with van der Waals surface area (Å²) < 4.78 is 13.9. The van der Waals surface area contributed by atoms with E-state index in [9.17, 15) is 19.3 Å². The summed E-state index contributed by atoms with van der Waals surface area (Å²) in [7, 11) is 0. The van der Waals surface area contributed by atoms with E-state index in [0.29, 0.717) is 4.60 Å². The van der Waals surface area contributed by atoms with Crippen LogP contribution in [-0.2, 0) is 0 Å². The number of nitro groups is 1. The fourth-order valence-electron chi connectivity index (χ4n) is 1.45. The molecule has 0 saturated heterocycles. The number of anilines is 1. The van der Waals surface area contributed by atoms with Gasteiger partial charge in [-0.25, -0.2) is 14.4 Å². The average Bonchev–Trinajstić information content (AvgIpc) is 2.41. The number of benzene rings is 1. The zero-order valence-corrected chi connectivity index (χ0v) is 13.2. The molecule has 0 bridgehead atoms. The Hall–Kier alpha value is -1.94. The Kier molecular flexibility index (Phi) is 4.58. The molecule has 0 saturated carbocycles. The van der Waals surface area contributed by atoms with E-state index in [0.717, 1.165) is 18.2 Å². The zero-order valence-electron chi connectivity index (χ0n) is 10.0. The van der Waals surface area contributed by atoms with Gasteiger partial charge in [0.1, 0.15) is 20.6 Å². The van der Waals surface area contributed by atoms with Crippen LogP contribution in [0.4, 0.5) is 15.9 Å². The molecule has 1 aromatic carbocycles. The van der Waals surface area contributed by atoms with Crippen molar-refractivity contribution in [1.29, 1.82) is 0 Å². The third-order valence-corrected chi connectivity index (χ3v) is 3.27. The maximum absolute atomic E-state index is 13.2. The highest BCUT2D eigenvalue weighted by Gasteiger charge is 2.22. The second-order valence-electron chi connectivity index (χ2n) is 3.70. The summed E-state index contributed by atoms with van der Waals surface area (Å²) in [6, 6.07) is 2.62. The van der Waals surface area contributed by atoms with Gasteiger partial charge in [-0.05, 0) is 44.0 Å². The maximum atomic E-state index is 13.2. The van der Waals surface area contributed by atoms with Crippen molar-refractivity contribution < 1.29 is 14.1 Å². The smallest absolute Gasteiger partial charge is 0.282 e. The van der Waals surface area contributed by atoms with Gasteiger partial charge in [0.2, 0.25) is 0 Å². The molecule has 7 nitrogen and oxygen atoms in total. The van der Waals surface area contributed by atoms with E-state index in [2.05, 4.69) is 47.1 Å². The molecule has 0 fully saturated rings. The molecule has 2 rings (SSSR count). The number of carbonyl (C=O) groups excluding carboxylic acids is 1. The van der Waals surface area contributed by atoms with Gasteiger partial charge in [-0.1, -0.05) is 0 Å². The number of halogens is 3. The fraction of sp³-hybridized carbons (Fsp3) is 0. The van der Waals surface area contributed by atoms with Crippen molar-refractivity contribution >= 4 is 49.3 Å². The number of nitro benzene ring substituents is 1. The molecule has 1 heterocycles. The monoisotopic (exact) mass is 418 g/mol. The van der Waals surface area contributed by atoms with E-state index in [1.807, 2.05) is 0 Å². The van der Waals surface area contributed by atoms with Crippen LogP contribution in [0, 0.1) is 15.9 Å². The molecule has 108 valence electrons. The Morgan fingerprint density at radius 2 is 2.10 bits per heavy atom. The molecular formula is C11H5Br2FN4O3. The van der Waals surface area contributed by atoms with Crippen LogP contribution >= 0.6 is 31.9 Å². The van der Waals surface area contributed by atoms with Gasteiger partial charge < -0.3 is 5.32 Å². The number of nitrogens with one attached hydrogen (secondary N) is 1. The van der Waals surface area contributed by atoms with E-state index in [-0.39, 0.29) is 10.4 Å². The maximum Gasteiger partial charge on any atom is 0.282 e. The first kappa shape index (κ1) is 15.4. The first-order valence-electron chi connectivity index (χ1n) is 5.32. The Morgan fingerprint density at radius 1 is 1.38 bits per heavy atom. The molecule has 0 atom stereocenters. The second-order valence-corrected chi connectivity index (χ2v) is 5.27. The van der Waals surface area contributed by atoms with Gasteiger partial charge >= 0.3 is 0 Å². The van der Waals surface area contributed by atoms with E-state index in [1.165, 1.54) is 6.20 Å². The number of aromatic nitrogens is 2. The van der Waals surface area contributed by atoms with E-state index in [1.54, 1.807) is 0 Å². The molecule has 1 N–H and O–H groups in total. The molecule has 21 heavy (non-hydrogen) atoms. The quantitative estimate of drug-likeness (QED) is 0.607. The van der Waals surface area contributed by atoms with Crippen LogP contribution in [0.3, 0.4) is 0 Å². The van der Waals surface area contributed by atoms with Crippen LogP contribution in [0.5, 0.6) is 0 Å². The Labute approximate surface area is 134 Å². The lowest BCUT2D eigenvalue weighted by Gasteiger charge is -2.06. The van der Waals surface area contributed by atoms with Gasteiger partial charge in [0.05, 0.1) is 11.1 Å². The summed E-state index contributed by atoms with van der Waals surface area (Å²) in [5.74, 6) is -1.56. The fourth-order valence-corrected chi connectivity index (χ4v) is 2.36.